The van der Waals surface area contributed by atoms with Gasteiger partial charge in [-0.1, -0.05) is 0 Å². The smallest absolute Gasteiger partial charge is 0.317 e. The number of piperidine rings is 1. The molecule has 3 aliphatic rings. The molecule has 192 valence electrons. The van der Waals surface area contributed by atoms with E-state index in [0.717, 1.165) is 42.2 Å². The number of carbonyl (C=O) groups excluding carboxylic acids is 1. The molecule has 0 bridgehead atoms. The number of nitrogens with zero attached hydrogens (tertiary/aromatic N) is 5. The van der Waals surface area contributed by atoms with Crippen molar-refractivity contribution in [2.24, 2.45) is 5.41 Å². The van der Waals surface area contributed by atoms with Gasteiger partial charge in [0.05, 0.1) is 24.7 Å². The number of methoxy groups -OCH3 is 1. The van der Waals surface area contributed by atoms with Crippen LogP contribution in [0.15, 0.2) is 59.3 Å². The average Bonchev–Trinajstić information content (AvgIpc) is 3.28. The molecule has 6 rings (SSSR count). The van der Waals surface area contributed by atoms with Crippen molar-refractivity contribution in [2.45, 2.75) is 24.2 Å². The van der Waals surface area contributed by atoms with Gasteiger partial charge in [0, 0.05) is 32.4 Å². The Balaban J connectivity index is 1.33. The van der Waals surface area contributed by atoms with Gasteiger partial charge in [0.15, 0.2) is 0 Å². The van der Waals surface area contributed by atoms with Crippen molar-refractivity contribution < 1.29 is 22.3 Å². The van der Waals surface area contributed by atoms with Crippen LogP contribution in [0.3, 0.4) is 0 Å². The van der Waals surface area contributed by atoms with E-state index in [2.05, 4.69) is 15.0 Å². The van der Waals surface area contributed by atoms with E-state index < -0.39 is 21.4 Å². The van der Waals surface area contributed by atoms with Crippen LogP contribution in [0.2, 0.25) is 0 Å². The fraction of sp³-hybridized carbons (Fsp3) is 0.346. The van der Waals surface area contributed by atoms with Crippen LogP contribution in [0, 0.1) is 11.2 Å². The second-order valence-corrected chi connectivity index (χ2v) is 11.6. The molecule has 4 heterocycles. The van der Waals surface area contributed by atoms with Gasteiger partial charge in [-0.05, 0) is 72.9 Å². The van der Waals surface area contributed by atoms with Crippen LogP contribution in [0.5, 0.6) is 0 Å². The third-order valence-electron chi connectivity index (χ3n) is 7.57. The van der Waals surface area contributed by atoms with Gasteiger partial charge in [0.1, 0.15) is 21.9 Å². The molecular weight excluding hydrogens is 497 g/mol. The van der Waals surface area contributed by atoms with Gasteiger partial charge in [-0.3, -0.25) is 4.79 Å². The van der Waals surface area contributed by atoms with E-state index in [9.17, 15) is 17.6 Å². The minimum absolute atomic E-state index is 0.0388. The van der Waals surface area contributed by atoms with Crippen LogP contribution >= 0.6 is 0 Å². The van der Waals surface area contributed by atoms with E-state index in [-0.39, 0.29) is 30.2 Å². The fourth-order valence-corrected chi connectivity index (χ4v) is 6.83. The van der Waals surface area contributed by atoms with Crippen LogP contribution in [0.1, 0.15) is 24.1 Å². The summed E-state index contributed by atoms with van der Waals surface area (Å²) in [5.74, 6) is -0.0602. The molecule has 0 saturated carbocycles. The van der Waals surface area contributed by atoms with E-state index in [0.29, 0.717) is 12.1 Å². The van der Waals surface area contributed by atoms with Gasteiger partial charge in [-0.2, -0.15) is 9.40 Å². The Morgan fingerprint density at radius 2 is 1.86 bits per heavy atom. The summed E-state index contributed by atoms with van der Waals surface area (Å²) in [5.41, 5.74) is 1.92. The monoisotopic (exact) mass is 523 g/mol. The summed E-state index contributed by atoms with van der Waals surface area (Å²) in [6.07, 6.45) is 6.68. The number of aromatic nitrogens is 3. The van der Waals surface area contributed by atoms with Gasteiger partial charge in [-0.25, -0.2) is 22.5 Å². The molecule has 2 aliphatic heterocycles. The minimum Gasteiger partial charge on any atom is -0.468 e. The van der Waals surface area contributed by atoms with Crippen molar-refractivity contribution in [2.75, 3.05) is 38.2 Å². The molecule has 3 aromatic rings. The van der Waals surface area contributed by atoms with Crippen molar-refractivity contribution in [1.82, 2.24) is 19.1 Å². The molecule has 2 saturated heterocycles. The molecule has 9 nitrogen and oxygen atoms in total. The largest absolute Gasteiger partial charge is 0.468 e. The van der Waals surface area contributed by atoms with Crippen molar-refractivity contribution in [3.05, 3.63) is 71.4 Å². The maximum absolute atomic E-state index is 13.6. The highest BCUT2D eigenvalue weighted by atomic mass is 32.2. The Kier molecular flexibility index (Phi) is 5.64. The Morgan fingerprint density at radius 3 is 2.51 bits per heavy atom. The van der Waals surface area contributed by atoms with Crippen molar-refractivity contribution in [3.8, 4) is 5.69 Å². The first kappa shape index (κ1) is 23.8. The molecule has 1 aliphatic carbocycles. The number of hydrogen-bond acceptors (Lipinski definition) is 7. The zero-order chi connectivity index (χ0) is 25.8. The number of halogens is 1. The number of esters is 1. The zero-order valence-electron chi connectivity index (χ0n) is 20.3. The first-order chi connectivity index (χ1) is 17.8. The number of ether oxygens (including phenoxy) is 1. The number of pyridine rings is 1. The quantitative estimate of drug-likeness (QED) is 0.475. The molecule has 1 atom stereocenters. The van der Waals surface area contributed by atoms with Crippen LogP contribution in [0.25, 0.3) is 11.8 Å². The molecule has 37 heavy (non-hydrogen) atoms. The highest BCUT2D eigenvalue weighted by Gasteiger charge is 2.51. The van der Waals surface area contributed by atoms with Gasteiger partial charge < -0.3 is 9.64 Å². The lowest BCUT2D eigenvalue weighted by atomic mass is 9.69. The van der Waals surface area contributed by atoms with E-state index in [1.807, 2.05) is 6.08 Å². The Morgan fingerprint density at radius 1 is 1.08 bits per heavy atom. The highest BCUT2D eigenvalue weighted by molar-refractivity contribution is 7.89. The zero-order valence-corrected chi connectivity index (χ0v) is 21.1. The molecule has 1 aromatic carbocycles. The van der Waals surface area contributed by atoms with Crippen LogP contribution in [-0.2, 0) is 26.0 Å². The molecule has 0 spiro atoms. The van der Waals surface area contributed by atoms with Gasteiger partial charge >= 0.3 is 5.97 Å². The minimum atomic E-state index is -3.88. The van der Waals surface area contributed by atoms with Crippen LogP contribution in [0.4, 0.5) is 10.2 Å². The molecular formula is C26H26FN5O4S. The van der Waals surface area contributed by atoms with E-state index in [4.69, 9.17) is 4.74 Å². The summed E-state index contributed by atoms with van der Waals surface area (Å²) in [6.45, 7) is 2.02. The van der Waals surface area contributed by atoms with Gasteiger partial charge in [0.2, 0.25) is 10.0 Å². The summed E-state index contributed by atoms with van der Waals surface area (Å²) < 4.78 is 48.9. The Bertz CT molecular complexity index is 1500. The topological polar surface area (TPSA) is 97.6 Å². The number of anilines is 1. The summed E-state index contributed by atoms with van der Waals surface area (Å²) in [5, 5.41) is 4.47. The Hall–Kier alpha value is -3.57. The predicted octanol–water partition coefficient (Wildman–Crippen LogP) is 2.81. The molecule has 0 amide bonds. The number of carbonyl (C=O) groups is 1. The molecule has 0 radical (unpaired) electrons. The second kappa shape index (κ2) is 8.77. The molecule has 2 fully saturated rings. The fourth-order valence-electron chi connectivity index (χ4n) is 5.38. The lowest BCUT2D eigenvalue weighted by molar-refractivity contribution is -0.151. The van der Waals surface area contributed by atoms with Gasteiger partial charge in [0.25, 0.3) is 0 Å². The van der Waals surface area contributed by atoms with Crippen LogP contribution in [-0.4, -0.2) is 66.7 Å². The predicted molar refractivity (Wildman–Crippen MR) is 134 cm³/mol. The molecule has 11 heteroatoms. The third kappa shape index (κ3) is 3.84. The summed E-state index contributed by atoms with van der Waals surface area (Å²) in [6, 6.07) is 9.32. The lowest BCUT2D eigenvalue weighted by Crippen LogP contribution is -2.53. The summed E-state index contributed by atoms with van der Waals surface area (Å²) in [4.78, 5) is 19.8. The Labute approximate surface area is 214 Å². The summed E-state index contributed by atoms with van der Waals surface area (Å²) >= 11 is 0. The van der Waals surface area contributed by atoms with Crippen molar-refractivity contribution >= 4 is 27.9 Å². The highest BCUT2D eigenvalue weighted by Crippen LogP contribution is 2.46. The number of fused-ring (bicyclic) bond motifs is 2. The lowest BCUT2D eigenvalue weighted by Gasteiger charge is -2.43. The molecule has 0 N–H and O–H groups in total. The third-order valence-corrected chi connectivity index (χ3v) is 9.40. The van der Waals surface area contributed by atoms with E-state index >= 15 is 0 Å². The number of benzene rings is 1. The van der Waals surface area contributed by atoms with E-state index in [1.165, 1.54) is 29.7 Å². The number of sulfonamides is 1. The maximum atomic E-state index is 13.6. The SMILES string of the molecule is COC(=O)C12Cc3cnn(-c4ccc(F)cc4)c3C=C1CCN(S(=O)(=O)c1ccc(N3CCC3)nc1)C2. The van der Waals surface area contributed by atoms with Crippen molar-refractivity contribution in [1.29, 1.82) is 0 Å². The first-order valence-electron chi connectivity index (χ1n) is 12.2. The van der Waals surface area contributed by atoms with Crippen LogP contribution < -0.4 is 4.90 Å². The second-order valence-electron chi connectivity index (χ2n) is 9.64. The van der Waals surface area contributed by atoms with E-state index in [1.54, 1.807) is 35.1 Å². The van der Waals surface area contributed by atoms with Gasteiger partial charge in [-0.15, -0.1) is 0 Å². The standard InChI is InChI=1S/C26H26FN5O4S/c1-36-25(33)26-14-18-15-29-32(21-5-3-20(27)4-6-21)23(18)13-19(26)9-12-31(17-26)37(34,35)22-7-8-24(28-16-22)30-10-2-11-30/h3-8,13,15-16H,2,9-12,14,17H2,1H3. The molecule has 2 aromatic heterocycles. The van der Waals surface area contributed by atoms with Crippen molar-refractivity contribution in [3.63, 3.8) is 0 Å². The normalized spacial score (nSPS) is 21.5. The summed E-state index contributed by atoms with van der Waals surface area (Å²) in [7, 11) is -2.56. The first-order valence-corrected chi connectivity index (χ1v) is 13.6. The number of rotatable bonds is 5. The molecule has 1 unspecified atom stereocenters. The average molecular weight is 524 g/mol. The number of hydrogen-bond donors (Lipinski definition) is 0. The maximum Gasteiger partial charge on any atom is 0.317 e.